The standard InChI is InChI=1S/C22H16N2O7/c1-3-24-19(25)16(11(2)17(10-23)20(24)26)9-15-4-5-18(31-15)12-6-13(21(27)28)8-14(7-12)22(29)30/h4-9H,3H2,1-2H3,(H,27,28)(H,29,30)/b16-9+. The molecule has 1 aliphatic heterocycles. The highest BCUT2D eigenvalue weighted by molar-refractivity contribution is 6.19. The van der Waals surface area contributed by atoms with E-state index in [-0.39, 0.29) is 51.5 Å². The average molecular weight is 420 g/mol. The smallest absolute Gasteiger partial charge is 0.335 e. The second kappa shape index (κ2) is 8.12. The van der Waals surface area contributed by atoms with Crippen LogP contribution < -0.4 is 0 Å². The molecule has 0 fully saturated rings. The highest BCUT2D eigenvalue weighted by Crippen LogP contribution is 2.30. The van der Waals surface area contributed by atoms with Gasteiger partial charge in [-0.15, -0.1) is 0 Å². The highest BCUT2D eigenvalue weighted by Gasteiger charge is 2.34. The van der Waals surface area contributed by atoms with Gasteiger partial charge in [0.15, 0.2) is 0 Å². The van der Waals surface area contributed by atoms with Crippen molar-refractivity contribution in [3.8, 4) is 17.4 Å². The molecular weight excluding hydrogens is 404 g/mol. The molecular formula is C22H16N2O7. The summed E-state index contributed by atoms with van der Waals surface area (Å²) >= 11 is 0. The Balaban J connectivity index is 2.08. The van der Waals surface area contributed by atoms with E-state index in [1.165, 1.54) is 37.3 Å². The Morgan fingerprint density at radius 3 is 2.23 bits per heavy atom. The van der Waals surface area contributed by atoms with Gasteiger partial charge in [0.05, 0.1) is 11.1 Å². The molecule has 2 amide bonds. The van der Waals surface area contributed by atoms with Crippen molar-refractivity contribution in [1.82, 2.24) is 4.90 Å². The van der Waals surface area contributed by atoms with E-state index in [4.69, 9.17) is 4.42 Å². The maximum Gasteiger partial charge on any atom is 0.335 e. The Bertz CT molecular complexity index is 1210. The summed E-state index contributed by atoms with van der Waals surface area (Å²) in [5, 5.41) is 27.7. The lowest BCUT2D eigenvalue weighted by atomic mass is 9.95. The Morgan fingerprint density at radius 2 is 1.71 bits per heavy atom. The summed E-state index contributed by atoms with van der Waals surface area (Å²) in [4.78, 5) is 48.5. The monoisotopic (exact) mass is 420 g/mol. The zero-order chi connectivity index (χ0) is 22.9. The lowest BCUT2D eigenvalue weighted by molar-refractivity contribution is -0.140. The third-order valence-electron chi connectivity index (χ3n) is 4.77. The van der Waals surface area contributed by atoms with Crippen LogP contribution in [-0.2, 0) is 9.59 Å². The number of amides is 2. The Morgan fingerprint density at radius 1 is 1.10 bits per heavy atom. The minimum Gasteiger partial charge on any atom is -0.478 e. The number of hydrogen-bond donors (Lipinski definition) is 2. The fourth-order valence-electron chi connectivity index (χ4n) is 3.16. The predicted octanol–water partition coefficient (Wildman–Crippen LogP) is 2.96. The summed E-state index contributed by atoms with van der Waals surface area (Å²) in [5.41, 5.74) is -0.0102. The van der Waals surface area contributed by atoms with Crippen LogP contribution in [0.25, 0.3) is 17.4 Å². The van der Waals surface area contributed by atoms with E-state index in [1.54, 1.807) is 6.92 Å². The number of nitriles is 1. The first-order valence-electron chi connectivity index (χ1n) is 9.09. The average Bonchev–Trinajstić information content (AvgIpc) is 3.20. The molecule has 2 N–H and O–H groups in total. The maximum absolute atomic E-state index is 12.7. The summed E-state index contributed by atoms with van der Waals surface area (Å²) in [6, 6.07) is 8.41. The quantitative estimate of drug-likeness (QED) is 0.554. The maximum atomic E-state index is 12.7. The molecule has 0 aliphatic carbocycles. The Kier molecular flexibility index (Phi) is 5.57. The van der Waals surface area contributed by atoms with E-state index >= 15 is 0 Å². The molecule has 0 spiro atoms. The second-order valence-electron chi connectivity index (χ2n) is 6.64. The Hall–Kier alpha value is -4.45. The third-order valence-corrected chi connectivity index (χ3v) is 4.77. The summed E-state index contributed by atoms with van der Waals surface area (Å²) in [7, 11) is 0. The summed E-state index contributed by atoms with van der Waals surface area (Å²) in [5.74, 6) is -3.41. The molecule has 0 saturated heterocycles. The van der Waals surface area contributed by atoms with Crippen LogP contribution in [0.15, 0.2) is 51.5 Å². The number of carboxylic acids is 2. The van der Waals surface area contributed by atoms with E-state index in [9.17, 15) is 34.7 Å². The number of imide groups is 1. The van der Waals surface area contributed by atoms with E-state index in [2.05, 4.69) is 0 Å². The fraction of sp³-hybridized carbons (Fsp3) is 0.136. The van der Waals surface area contributed by atoms with Gasteiger partial charge < -0.3 is 14.6 Å². The molecule has 31 heavy (non-hydrogen) atoms. The highest BCUT2D eigenvalue weighted by atomic mass is 16.4. The minimum absolute atomic E-state index is 0.0941. The number of hydrogen-bond acceptors (Lipinski definition) is 6. The summed E-state index contributed by atoms with van der Waals surface area (Å²) in [6.45, 7) is 3.20. The first kappa shape index (κ1) is 21.3. The van der Waals surface area contributed by atoms with Gasteiger partial charge in [-0.3, -0.25) is 14.5 Å². The number of aromatic carboxylic acids is 2. The lowest BCUT2D eigenvalue weighted by Gasteiger charge is -2.25. The van der Waals surface area contributed by atoms with E-state index in [0.29, 0.717) is 0 Å². The van der Waals surface area contributed by atoms with Gasteiger partial charge in [-0.2, -0.15) is 5.26 Å². The zero-order valence-corrected chi connectivity index (χ0v) is 16.5. The second-order valence-corrected chi connectivity index (χ2v) is 6.64. The van der Waals surface area contributed by atoms with Gasteiger partial charge in [-0.1, -0.05) is 0 Å². The molecule has 0 saturated carbocycles. The van der Waals surface area contributed by atoms with Crippen LogP contribution >= 0.6 is 0 Å². The SMILES string of the molecule is CCN1C(=O)C(C#N)=C(C)/C(=C\c2ccc(-c3cc(C(=O)O)cc(C(=O)O)c3)o2)C1=O. The number of likely N-dealkylation sites (N-methyl/N-ethyl adjacent to an activating group) is 1. The summed E-state index contributed by atoms with van der Waals surface area (Å²) in [6.07, 6.45) is 1.38. The molecule has 156 valence electrons. The molecule has 1 aliphatic rings. The van der Waals surface area contributed by atoms with Crippen LogP contribution in [0.3, 0.4) is 0 Å². The molecule has 1 aromatic heterocycles. The number of furan rings is 1. The Labute approximate surface area is 176 Å². The molecule has 9 heteroatoms. The number of carbonyl (C=O) groups excluding carboxylic acids is 2. The molecule has 3 rings (SSSR count). The van der Waals surface area contributed by atoms with Crippen LogP contribution in [0.2, 0.25) is 0 Å². The van der Waals surface area contributed by atoms with E-state index in [1.807, 2.05) is 6.07 Å². The van der Waals surface area contributed by atoms with Crippen LogP contribution in [0.1, 0.15) is 40.3 Å². The lowest BCUT2D eigenvalue weighted by Crippen LogP contribution is -2.42. The van der Waals surface area contributed by atoms with Crippen LogP contribution in [0.5, 0.6) is 0 Å². The topological polar surface area (TPSA) is 149 Å². The molecule has 0 unspecified atom stereocenters. The third kappa shape index (κ3) is 3.86. The van der Waals surface area contributed by atoms with Gasteiger partial charge in [0.1, 0.15) is 23.2 Å². The molecule has 2 aromatic rings. The number of nitrogens with zero attached hydrogens (tertiary/aromatic N) is 2. The van der Waals surface area contributed by atoms with Crippen molar-refractivity contribution in [3.05, 3.63) is 63.9 Å². The van der Waals surface area contributed by atoms with Crippen molar-refractivity contribution in [3.63, 3.8) is 0 Å². The van der Waals surface area contributed by atoms with Crippen LogP contribution in [-0.4, -0.2) is 45.4 Å². The molecule has 9 nitrogen and oxygen atoms in total. The first-order chi connectivity index (χ1) is 14.7. The molecule has 1 aromatic carbocycles. The fourth-order valence-corrected chi connectivity index (χ4v) is 3.16. The van der Waals surface area contributed by atoms with Crippen LogP contribution in [0.4, 0.5) is 0 Å². The number of benzene rings is 1. The van der Waals surface area contributed by atoms with Crippen molar-refractivity contribution in [2.45, 2.75) is 13.8 Å². The van der Waals surface area contributed by atoms with E-state index in [0.717, 1.165) is 11.0 Å². The van der Waals surface area contributed by atoms with Gasteiger partial charge in [0, 0.05) is 17.7 Å². The molecule has 0 radical (unpaired) electrons. The number of rotatable bonds is 5. The van der Waals surface area contributed by atoms with Crippen molar-refractivity contribution < 1.29 is 33.8 Å². The van der Waals surface area contributed by atoms with Crippen molar-refractivity contribution in [1.29, 1.82) is 5.26 Å². The molecule has 0 atom stereocenters. The van der Waals surface area contributed by atoms with Gasteiger partial charge in [0.25, 0.3) is 11.8 Å². The summed E-state index contributed by atoms with van der Waals surface area (Å²) < 4.78 is 5.68. The van der Waals surface area contributed by atoms with Gasteiger partial charge in [-0.25, -0.2) is 9.59 Å². The van der Waals surface area contributed by atoms with Gasteiger partial charge >= 0.3 is 11.9 Å². The minimum atomic E-state index is -1.29. The normalized spacial score (nSPS) is 15.4. The molecule has 0 bridgehead atoms. The number of carbonyl (C=O) groups is 4. The predicted molar refractivity (Wildman–Crippen MR) is 107 cm³/mol. The van der Waals surface area contributed by atoms with Crippen LogP contribution in [0, 0.1) is 11.3 Å². The van der Waals surface area contributed by atoms with Crippen molar-refractivity contribution in [2.75, 3.05) is 6.54 Å². The first-order valence-corrected chi connectivity index (χ1v) is 9.09. The van der Waals surface area contributed by atoms with Gasteiger partial charge in [-0.05, 0) is 55.8 Å². The molecule has 2 heterocycles. The number of carboxylic acid groups (broad SMARTS) is 2. The van der Waals surface area contributed by atoms with Crippen molar-refractivity contribution in [2.24, 2.45) is 0 Å². The van der Waals surface area contributed by atoms with Crippen molar-refractivity contribution >= 4 is 29.8 Å². The van der Waals surface area contributed by atoms with E-state index < -0.39 is 23.8 Å². The van der Waals surface area contributed by atoms with Gasteiger partial charge in [0.2, 0.25) is 0 Å². The largest absolute Gasteiger partial charge is 0.478 e. The zero-order valence-electron chi connectivity index (χ0n) is 16.5.